The Morgan fingerprint density at radius 2 is 2.17 bits per heavy atom. The molecule has 0 atom stereocenters. The third-order valence-electron chi connectivity index (χ3n) is 2.04. The summed E-state index contributed by atoms with van der Waals surface area (Å²) < 4.78 is 0. The van der Waals surface area contributed by atoms with Gasteiger partial charge >= 0.3 is 0 Å². The number of carbonyl (C=O) groups is 1. The van der Waals surface area contributed by atoms with Crippen LogP contribution in [0.3, 0.4) is 0 Å². The molecule has 0 aromatic rings. The van der Waals surface area contributed by atoms with E-state index in [4.69, 9.17) is 10.5 Å². The van der Waals surface area contributed by atoms with Gasteiger partial charge in [-0.3, -0.25) is 4.79 Å². The summed E-state index contributed by atoms with van der Waals surface area (Å²) in [7, 11) is 0. The topological polar surface area (TPSA) is 76.7 Å². The predicted molar refractivity (Wildman–Crippen MR) is 40.6 cm³/mol. The van der Waals surface area contributed by atoms with Gasteiger partial charge in [-0.05, 0) is 19.3 Å². The van der Waals surface area contributed by atoms with E-state index in [1.165, 1.54) is 0 Å². The lowest BCUT2D eigenvalue weighted by Gasteiger charge is -2.35. The molecule has 0 aromatic heterocycles. The lowest BCUT2D eigenvalue weighted by atomic mass is 9.78. The van der Waals surface area contributed by atoms with Crippen molar-refractivity contribution in [3.63, 3.8) is 0 Å². The van der Waals surface area contributed by atoms with Crippen molar-refractivity contribution in [3.05, 3.63) is 0 Å². The third kappa shape index (κ3) is 1.54. The van der Waals surface area contributed by atoms with Gasteiger partial charge in [0, 0.05) is 0 Å². The minimum Gasteiger partial charge on any atom is -0.337 e. The van der Waals surface area contributed by atoms with Gasteiger partial charge in [-0.25, -0.2) is 0 Å². The molecule has 1 aliphatic rings. The summed E-state index contributed by atoms with van der Waals surface area (Å²) in [5.41, 5.74) is -0.659. The predicted octanol–water partition coefficient (Wildman–Crippen LogP) is 0.463. The molecule has 1 aliphatic carbocycles. The Labute approximate surface area is 70.8 Å². The zero-order valence-corrected chi connectivity index (χ0v) is 6.63. The minimum absolute atomic E-state index is 0.163. The zero-order chi connectivity index (χ0) is 9.03. The van der Waals surface area contributed by atoms with Crippen molar-refractivity contribution in [3.8, 4) is 12.1 Å². The molecule has 1 fully saturated rings. The number of nitrogens with one attached hydrogen (secondary N) is 1. The molecule has 0 radical (unpaired) electrons. The summed E-state index contributed by atoms with van der Waals surface area (Å²) in [5, 5.41) is 19.5. The fourth-order valence-electron chi connectivity index (χ4n) is 1.18. The Morgan fingerprint density at radius 3 is 2.50 bits per heavy atom. The first-order valence-corrected chi connectivity index (χ1v) is 3.82. The molecule has 0 unspecified atom stereocenters. The summed E-state index contributed by atoms with van der Waals surface area (Å²) in [6, 6.07) is 3.80. The molecule has 0 spiro atoms. The number of nitriles is 2. The molecule has 1 rings (SSSR count). The van der Waals surface area contributed by atoms with Crippen LogP contribution in [0.15, 0.2) is 0 Å². The average Bonchev–Trinajstić information content (AvgIpc) is 1.97. The number of nitrogens with zero attached hydrogens (tertiary/aromatic N) is 2. The monoisotopic (exact) mass is 163 g/mol. The molecule has 0 aromatic carbocycles. The van der Waals surface area contributed by atoms with Crippen molar-refractivity contribution in [1.29, 1.82) is 10.5 Å². The molecular weight excluding hydrogens is 154 g/mol. The van der Waals surface area contributed by atoms with Gasteiger partial charge < -0.3 is 5.32 Å². The quantitative estimate of drug-likeness (QED) is 0.642. The van der Waals surface area contributed by atoms with Crippen LogP contribution >= 0.6 is 0 Å². The Bertz CT molecular complexity index is 267. The summed E-state index contributed by atoms with van der Waals surface area (Å²) >= 11 is 0. The highest BCUT2D eigenvalue weighted by atomic mass is 16.1. The third-order valence-corrected chi connectivity index (χ3v) is 2.04. The van der Waals surface area contributed by atoms with Gasteiger partial charge in [0.15, 0.2) is 0 Å². The summed E-state index contributed by atoms with van der Waals surface area (Å²) in [5.74, 6) is -0.348. The van der Waals surface area contributed by atoms with Gasteiger partial charge in [-0.1, -0.05) is 0 Å². The van der Waals surface area contributed by atoms with Crippen LogP contribution < -0.4 is 5.32 Å². The molecule has 0 bridgehead atoms. The van der Waals surface area contributed by atoms with E-state index in [1.54, 1.807) is 6.07 Å². The van der Waals surface area contributed by atoms with E-state index in [1.807, 2.05) is 0 Å². The molecule has 12 heavy (non-hydrogen) atoms. The van der Waals surface area contributed by atoms with Crippen LogP contribution in [0.2, 0.25) is 0 Å². The van der Waals surface area contributed by atoms with Crippen LogP contribution in [0.4, 0.5) is 0 Å². The number of amides is 1. The molecule has 1 saturated carbocycles. The van der Waals surface area contributed by atoms with Crippen molar-refractivity contribution in [2.75, 3.05) is 0 Å². The maximum absolute atomic E-state index is 10.9. The van der Waals surface area contributed by atoms with E-state index in [0.29, 0.717) is 12.8 Å². The van der Waals surface area contributed by atoms with Crippen molar-refractivity contribution in [2.24, 2.45) is 0 Å². The first-order chi connectivity index (χ1) is 5.72. The molecule has 4 nitrogen and oxygen atoms in total. The maximum atomic E-state index is 10.9. The Hall–Kier alpha value is -1.55. The average molecular weight is 163 g/mol. The van der Waals surface area contributed by atoms with Gasteiger partial charge in [-0.15, -0.1) is 0 Å². The molecule has 1 amide bonds. The van der Waals surface area contributed by atoms with E-state index >= 15 is 0 Å². The Kier molecular flexibility index (Phi) is 2.30. The first kappa shape index (κ1) is 8.55. The van der Waals surface area contributed by atoms with Crippen LogP contribution in [0.5, 0.6) is 0 Å². The van der Waals surface area contributed by atoms with Crippen molar-refractivity contribution in [1.82, 2.24) is 5.32 Å². The molecule has 4 heteroatoms. The van der Waals surface area contributed by atoms with Gasteiger partial charge in [-0.2, -0.15) is 10.5 Å². The van der Waals surface area contributed by atoms with Crippen LogP contribution in [0.25, 0.3) is 0 Å². The number of hydrogen-bond donors (Lipinski definition) is 1. The number of carbonyl (C=O) groups excluding carboxylic acids is 1. The molecule has 0 heterocycles. The van der Waals surface area contributed by atoms with Gasteiger partial charge in [0.05, 0.1) is 12.1 Å². The standard InChI is InChI=1S/C8H9N3O/c9-5-2-7(12)11-8(6-10)3-1-4-8/h1-4H2,(H,11,12). The Morgan fingerprint density at radius 1 is 1.50 bits per heavy atom. The zero-order valence-electron chi connectivity index (χ0n) is 6.63. The smallest absolute Gasteiger partial charge is 0.235 e. The molecule has 1 N–H and O–H groups in total. The molecule has 0 aliphatic heterocycles. The van der Waals surface area contributed by atoms with E-state index in [2.05, 4.69) is 11.4 Å². The van der Waals surface area contributed by atoms with Crippen LogP contribution in [-0.4, -0.2) is 11.4 Å². The number of rotatable bonds is 2. The van der Waals surface area contributed by atoms with E-state index in [-0.39, 0.29) is 12.3 Å². The van der Waals surface area contributed by atoms with Gasteiger partial charge in [0.1, 0.15) is 12.0 Å². The highest BCUT2D eigenvalue weighted by molar-refractivity contribution is 5.79. The highest BCUT2D eigenvalue weighted by Gasteiger charge is 2.38. The normalized spacial score (nSPS) is 18.2. The minimum atomic E-state index is -0.659. The van der Waals surface area contributed by atoms with E-state index in [0.717, 1.165) is 6.42 Å². The van der Waals surface area contributed by atoms with Crippen LogP contribution in [0.1, 0.15) is 25.7 Å². The fraction of sp³-hybridized carbons (Fsp3) is 0.625. The lowest BCUT2D eigenvalue weighted by Crippen LogP contribution is -2.52. The summed E-state index contributed by atoms with van der Waals surface area (Å²) in [6.07, 6.45) is 2.23. The van der Waals surface area contributed by atoms with E-state index in [9.17, 15) is 4.79 Å². The molecular formula is C8H9N3O. The van der Waals surface area contributed by atoms with Gasteiger partial charge in [0.25, 0.3) is 0 Å². The SMILES string of the molecule is N#CCC(=O)NC1(C#N)CCC1. The summed E-state index contributed by atoms with van der Waals surface area (Å²) in [4.78, 5) is 10.9. The lowest BCUT2D eigenvalue weighted by molar-refractivity contribution is -0.122. The second-order valence-corrected chi connectivity index (χ2v) is 2.93. The number of hydrogen-bond acceptors (Lipinski definition) is 3. The van der Waals surface area contributed by atoms with Gasteiger partial charge in [0.2, 0.25) is 5.91 Å². The second-order valence-electron chi connectivity index (χ2n) is 2.93. The van der Waals surface area contributed by atoms with E-state index < -0.39 is 5.54 Å². The molecule has 62 valence electrons. The fourth-order valence-corrected chi connectivity index (χ4v) is 1.18. The van der Waals surface area contributed by atoms with Crippen molar-refractivity contribution in [2.45, 2.75) is 31.2 Å². The first-order valence-electron chi connectivity index (χ1n) is 3.82. The highest BCUT2D eigenvalue weighted by Crippen LogP contribution is 2.30. The Balaban J connectivity index is 2.45. The second kappa shape index (κ2) is 3.23. The van der Waals surface area contributed by atoms with Crippen LogP contribution in [0, 0.1) is 22.7 Å². The van der Waals surface area contributed by atoms with Crippen molar-refractivity contribution >= 4 is 5.91 Å². The van der Waals surface area contributed by atoms with Crippen LogP contribution in [-0.2, 0) is 4.79 Å². The summed E-state index contributed by atoms with van der Waals surface area (Å²) in [6.45, 7) is 0. The maximum Gasteiger partial charge on any atom is 0.235 e. The van der Waals surface area contributed by atoms with Crippen molar-refractivity contribution < 1.29 is 4.79 Å². The largest absolute Gasteiger partial charge is 0.337 e. The molecule has 0 saturated heterocycles.